The molecule has 196 valence electrons. The van der Waals surface area contributed by atoms with Gasteiger partial charge in [-0.15, -0.1) is 0 Å². The lowest BCUT2D eigenvalue weighted by molar-refractivity contribution is 0.670. The van der Waals surface area contributed by atoms with Crippen LogP contribution in [0, 0.1) is 0 Å². The number of imidazole rings is 1. The van der Waals surface area contributed by atoms with Crippen molar-refractivity contribution >= 4 is 54.5 Å². The Balaban J connectivity index is 1.27. The summed E-state index contributed by atoms with van der Waals surface area (Å²) in [4.78, 5) is 5.05. The van der Waals surface area contributed by atoms with Crippen molar-refractivity contribution in [1.82, 2.24) is 9.55 Å². The molecule has 0 saturated heterocycles. The predicted molar refractivity (Wildman–Crippen MR) is 174 cm³/mol. The van der Waals surface area contributed by atoms with Crippen LogP contribution in [0.25, 0.3) is 82.7 Å². The molecule has 0 aliphatic rings. The number of hydrogen-bond donors (Lipinski definition) is 0. The average molecular weight is 537 g/mol. The predicted octanol–water partition coefficient (Wildman–Crippen LogP) is 10.6. The summed E-state index contributed by atoms with van der Waals surface area (Å²) < 4.78 is 8.91. The van der Waals surface area contributed by atoms with Crippen LogP contribution in [0.3, 0.4) is 0 Å². The summed E-state index contributed by atoms with van der Waals surface area (Å²) in [6, 6.07) is 51.2. The van der Waals surface area contributed by atoms with Crippen LogP contribution in [0.1, 0.15) is 0 Å². The van der Waals surface area contributed by atoms with E-state index >= 15 is 0 Å². The fourth-order valence-corrected chi connectivity index (χ4v) is 6.46. The van der Waals surface area contributed by atoms with Gasteiger partial charge in [-0.1, -0.05) is 109 Å². The van der Waals surface area contributed by atoms with E-state index in [0.717, 1.165) is 50.4 Å². The van der Waals surface area contributed by atoms with E-state index in [1.807, 2.05) is 12.1 Å². The van der Waals surface area contributed by atoms with Gasteiger partial charge in [-0.25, -0.2) is 4.98 Å². The minimum absolute atomic E-state index is 0.912. The van der Waals surface area contributed by atoms with Crippen molar-refractivity contribution in [2.45, 2.75) is 0 Å². The van der Waals surface area contributed by atoms with Crippen LogP contribution < -0.4 is 0 Å². The molecule has 0 spiro atoms. The molecule has 0 fully saturated rings. The van der Waals surface area contributed by atoms with Gasteiger partial charge in [0.05, 0.1) is 11.0 Å². The van der Waals surface area contributed by atoms with Crippen LogP contribution in [0.4, 0.5) is 0 Å². The van der Waals surface area contributed by atoms with Crippen molar-refractivity contribution in [3.8, 4) is 28.2 Å². The topological polar surface area (TPSA) is 31.0 Å². The van der Waals surface area contributed by atoms with Gasteiger partial charge in [0, 0.05) is 27.6 Å². The Hall–Kier alpha value is -5.67. The van der Waals surface area contributed by atoms with Crippen LogP contribution in [0.15, 0.2) is 150 Å². The molecule has 0 atom stereocenters. The van der Waals surface area contributed by atoms with E-state index in [1.54, 1.807) is 0 Å². The van der Waals surface area contributed by atoms with Crippen molar-refractivity contribution in [2.75, 3.05) is 0 Å². The molecular formula is C39H24N2O. The second-order valence-corrected chi connectivity index (χ2v) is 10.8. The largest absolute Gasteiger partial charge is 0.455 e. The summed E-state index contributed by atoms with van der Waals surface area (Å²) in [5.41, 5.74) is 8.26. The summed E-state index contributed by atoms with van der Waals surface area (Å²) in [7, 11) is 0. The number of hydrogen-bond acceptors (Lipinski definition) is 2. The van der Waals surface area contributed by atoms with Gasteiger partial charge in [0.25, 0.3) is 0 Å². The normalized spacial score (nSPS) is 11.8. The quantitative estimate of drug-likeness (QED) is 0.225. The Morgan fingerprint density at radius 1 is 0.524 bits per heavy atom. The second-order valence-electron chi connectivity index (χ2n) is 10.8. The SMILES string of the molecule is c1ccc(-n2c(-c3ccc(-c4cc5ccccc5c5c4oc4ccc6ccccc6c45)cc3)nc3ccccc32)cc1. The van der Waals surface area contributed by atoms with Crippen LogP contribution >= 0.6 is 0 Å². The van der Waals surface area contributed by atoms with Crippen molar-refractivity contribution in [2.24, 2.45) is 0 Å². The maximum Gasteiger partial charge on any atom is 0.145 e. The highest BCUT2D eigenvalue weighted by Gasteiger charge is 2.19. The van der Waals surface area contributed by atoms with Crippen LogP contribution in [-0.4, -0.2) is 9.55 Å². The molecule has 7 aromatic carbocycles. The molecule has 3 heteroatoms. The molecule has 2 heterocycles. The highest BCUT2D eigenvalue weighted by molar-refractivity contribution is 6.28. The number of para-hydroxylation sites is 3. The molecule has 9 rings (SSSR count). The highest BCUT2D eigenvalue weighted by atomic mass is 16.3. The van der Waals surface area contributed by atoms with Crippen LogP contribution in [0.2, 0.25) is 0 Å². The zero-order valence-electron chi connectivity index (χ0n) is 22.7. The number of rotatable bonds is 3. The minimum atomic E-state index is 0.912. The molecule has 42 heavy (non-hydrogen) atoms. The Morgan fingerprint density at radius 2 is 1.19 bits per heavy atom. The van der Waals surface area contributed by atoms with Gasteiger partial charge in [0.1, 0.15) is 17.0 Å². The van der Waals surface area contributed by atoms with Gasteiger partial charge in [-0.2, -0.15) is 0 Å². The highest BCUT2D eigenvalue weighted by Crippen LogP contribution is 2.43. The summed E-state index contributed by atoms with van der Waals surface area (Å²) in [5, 5.41) is 7.18. The molecule has 0 bridgehead atoms. The molecule has 0 aliphatic heterocycles. The summed E-state index contributed by atoms with van der Waals surface area (Å²) >= 11 is 0. The van der Waals surface area contributed by atoms with Crippen LogP contribution in [-0.2, 0) is 0 Å². The zero-order valence-corrected chi connectivity index (χ0v) is 22.7. The second kappa shape index (κ2) is 8.92. The van der Waals surface area contributed by atoms with Crippen molar-refractivity contribution in [3.05, 3.63) is 146 Å². The molecule has 0 saturated carbocycles. The Bertz CT molecular complexity index is 2450. The Labute approximate surface area is 241 Å². The molecule has 0 aliphatic carbocycles. The number of benzene rings is 7. The summed E-state index contributed by atoms with van der Waals surface area (Å²) in [6.07, 6.45) is 0. The van der Waals surface area contributed by atoms with Gasteiger partial charge in [0.15, 0.2) is 0 Å². The fraction of sp³-hybridized carbons (Fsp3) is 0. The van der Waals surface area contributed by atoms with E-state index < -0.39 is 0 Å². The Morgan fingerprint density at radius 3 is 2.02 bits per heavy atom. The van der Waals surface area contributed by atoms with E-state index in [1.165, 1.54) is 32.3 Å². The van der Waals surface area contributed by atoms with Gasteiger partial charge in [-0.05, 0) is 63.5 Å². The first-order chi connectivity index (χ1) is 20.8. The molecule has 0 amide bonds. The molecule has 0 radical (unpaired) electrons. The first-order valence-corrected chi connectivity index (χ1v) is 14.2. The van der Waals surface area contributed by atoms with E-state index in [2.05, 4.69) is 138 Å². The maximum atomic E-state index is 6.67. The monoisotopic (exact) mass is 536 g/mol. The number of furan rings is 1. The standard InChI is InChI=1S/C39H24N2O/c1-2-12-29(13-3-1)41-34-17-9-8-16-33(34)40-39(41)27-20-18-26(19-21-27)32-24-28-11-5-7-15-31(28)37-36-30-14-6-4-10-25(30)22-23-35(36)42-38(32)37/h1-24H. The average Bonchev–Trinajstić information content (AvgIpc) is 3.65. The third-order valence-corrected chi connectivity index (χ3v) is 8.38. The zero-order chi connectivity index (χ0) is 27.6. The molecule has 0 N–H and O–H groups in total. The summed E-state index contributed by atoms with van der Waals surface area (Å²) in [6.45, 7) is 0. The van der Waals surface area contributed by atoms with E-state index in [0.29, 0.717) is 0 Å². The number of aromatic nitrogens is 2. The first kappa shape index (κ1) is 23.1. The van der Waals surface area contributed by atoms with Gasteiger partial charge >= 0.3 is 0 Å². The molecular weight excluding hydrogens is 512 g/mol. The minimum Gasteiger partial charge on any atom is -0.455 e. The van der Waals surface area contributed by atoms with Gasteiger partial charge in [-0.3, -0.25) is 4.57 Å². The maximum absolute atomic E-state index is 6.67. The van der Waals surface area contributed by atoms with Crippen molar-refractivity contribution in [1.29, 1.82) is 0 Å². The van der Waals surface area contributed by atoms with E-state index in [4.69, 9.17) is 9.40 Å². The van der Waals surface area contributed by atoms with Crippen LogP contribution in [0.5, 0.6) is 0 Å². The third-order valence-electron chi connectivity index (χ3n) is 8.38. The summed E-state index contributed by atoms with van der Waals surface area (Å²) in [5.74, 6) is 0.924. The van der Waals surface area contributed by atoms with E-state index in [9.17, 15) is 0 Å². The first-order valence-electron chi connectivity index (χ1n) is 14.2. The lowest BCUT2D eigenvalue weighted by Crippen LogP contribution is -1.97. The van der Waals surface area contributed by atoms with Gasteiger partial charge < -0.3 is 4.42 Å². The number of nitrogens with zero attached hydrogens (tertiary/aromatic N) is 2. The smallest absolute Gasteiger partial charge is 0.145 e. The third kappa shape index (κ3) is 3.37. The molecule has 2 aromatic heterocycles. The lowest BCUT2D eigenvalue weighted by Gasteiger charge is -2.11. The van der Waals surface area contributed by atoms with Crippen molar-refractivity contribution in [3.63, 3.8) is 0 Å². The fourth-order valence-electron chi connectivity index (χ4n) is 6.46. The lowest BCUT2D eigenvalue weighted by atomic mass is 9.94. The van der Waals surface area contributed by atoms with E-state index in [-0.39, 0.29) is 0 Å². The number of fused-ring (bicyclic) bond motifs is 8. The molecule has 0 unspecified atom stereocenters. The van der Waals surface area contributed by atoms with Gasteiger partial charge in [0.2, 0.25) is 0 Å². The molecule has 9 aromatic rings. The Kier molecular flexibility index (Phi) is 4.90. The van der Waals surface area contributed by atoms with Crippen molar-refractivity contribution < 1.29 is 4.42 Å². The molecule has 3 nitrogen and oxygen atoms in total.